The number of anilines is 1. The highest BCUT2D eigenvalue weighted by Gasteiger charge is 2.17. The van der Waals surface area contributed by atoms with E-state index in [1.807, 2.05) is 26.8 Å². The zero-order valence-electron chi connectivity index (χ0n) is 9.92. The summed E-state index contributed by atoms with van der Waals surface area (Å²) >= 11 is 0. The summed E-state index contributed by atoms with van der Waals surface area (Å²) in [4.78, 5) is 11.2. The summed E-state index contributed by atoms with van der Waals surface area (Å²) in [6.45, 7) is 5.96. The van der Waals surface area contributed by atoms with Crippen molar-refractivity contribution in [2.45, 2.75) is 33.6 Å². The Labute approximate surface area is 96.1 Å². The number of nitrogens with zero attached hydrogens (tertiary/aromatic N) is 1. The predicted octanol–water partition coefficient (Wildman–Crippen LogP) is 2.78. The molecule has 0 unspecified atom stereocenters. The van der Waals surface area contributed by atoms with E-state index < -0.39 is 0 Å². The Kier molecular flexibility index (Phi) is 4.07. The third-order valence-electron chi connectivity index (χ3n) is 2.37. The van der Waals surface area contributed by atoms with E-state index in [-0.39, 0.29) is 5.91 Å². The molecule has 84 valence electrons. The smallest absolute Gasteiger partial charge is 0.224 e. The van der Waals surface area contributed by atoms with Gasteiger partial charge in [0.25, 0.3) is 0 Å². The monoisotopic (exact) mass is 216 g/mol. The van der Waals surface area contributed by atoms with E-state index in [0.717, 1.165) is 17.5 Å². The van der Waals surface area contributed by atoms with Gasteiger partial charge in [0.15, 0.2) is 0 Å². The van der Waals surface area contributed by atoms with E-state index in [2.05, 4.69) is 11.4 Å². The second-order valence-corrected chi connectivity index (χ2v) is 3.51. The number of fused-ring (bicyclic) bond motifs is 1. The Morgan fingerprint density at radius 2 is 2.00 bits per heavy atom. The van der Waals surface area contributed by atoms with Crippen LogP contribution >= 0.6 is 0 Å². The van der Waals surface area contributed by atoms with Crippen LogP contribution in [0.1, 0.15) is 37.0 Å². The highest BCUT2D eigenvalue weighted by Crippen LogP contribution is 2.27. The number of nitrogens with one attached hydrogen (secondary N) is 1. The van der Waals surface area contributed by atoms with Crippen molar-refractivity contribution in [3.05, 3.63) is 28.8 Å². The molecule has 2 rings (SSSR count). The Morgan fingerprint density at radius 1 is 1.31 bits per heavy atom. The van der Waals surface area contributed by atoms with Crippen LogP contribution in [-0.2, 0) is 11.2 Å². The number of hydrogen-bond acceptors (Lipinski definition) is 2. The second-order valence-electron chi connectivity index (χ2n) is 3.51. The number of hydrogen-bond donors (Lipinski definition) is 1. The lowest BCUT2D eigenvalue weighted by molar-refractivity contribution is -0.116. The van der Waals surface area contributed by atoms with Crippen LogP contribution in [0.5, 0.6) is 0 Å². The van der Waals surface area contributed by atoms with Crippen molar-refractivity contribution in [3.8, 4) is 6.07 Å². The van der Waals surface area contributed by atoms with Crippen LogP contribution in [-0.4, -0.2) is 5.91 Å². The standard InChI is InChI=1S/C11H10N2O.C2H6/c1-7-4-8-2-3-10(14)13-11(8)9(5-7)6-12;1-2/h4-5H,2-3H2,1H3,(H,13,14);1-2H3. The van der Waals surface area contributed by atoms with Gasteiger partial charge in [0.05, 0.1) is 11.3 Å². The minimum absolute atomic E-state index is 0.00199. The Balaban J connectivity index is 0.000000606. The zero-order valence-corrected chi connectivity index (χ0v) is 9.92. The zero-order chi connectivity index (χ0) is 12.1. The molecular formula is C13H16N2O. The lowest BCUT2D eigenvalue weighted by atomic mass is 9.97. The first-order valence-electron chi connectivity index (χ1n) is 5.54. The molecule has 3 heteroatoms. The molecular weight excluding hydrogens is 200 g/mol. The average molecular weight is 216 g/mol. The molecule has 0 fully saturated rings. The molecule has 1 aliphatic rings. The molecule has 3 nitrogen and oxygen atoms in total. The molecule has 0 atom stereocenters. The molecule has 1 aromatic rings. The molecule has 1 aromatic carbocycles. The van der Waals surface area contributed by atoms with E-state index >= 15 is 0 Å². The van der Waals surface area contributed by atoms with Crippen LogP contribution in [0.2, 0.25) is 0 Å². The number of amides is 1. The van der Waals surface area contributed by atoms with Gasteiger partial charge in [0, 0.05) is 6.42 Å². The van der Waals surface area contributed by atoms with Crippen LogP contribution in [0, 0.1) is 18.3 Å². The maximum absolute atomic E-state index is 11.2. The number of aryl methyl sites for hydroxylation is 2. The van der Waals surface area contributed by atoms with Gasteiger partial charge in [0.2, 0.25) is 5.91 Å². The van der Waals surface area contributed by atoms with Gasteiger partial charge in [-0.2, -0.15) is 5.26 Å². The molecule has 0 saturated heterocycles. The van der Waals surface area contributed by atoms with Crippen molar-refractivity contribution < 1.29 is 4.79 Å². The fourth-order valence-corrected chi connectivity index (χ4v) is 1.74. The maximum atomic E-state index is 11.2. The highest BCUT2D eigenvalue weighted by molar-refractivity contribution is 5.95. The largest absolute Gasteiger partial charge is 0.325 e. The van der Waals surface area contributed by atoms with Gasteiger partial charge >= 0.3 is 0 Å². The average Bonchev–Trinajstić information content (AvgIpc) is 2.31. The minimum atomic E-state index is -0.00199. The molecule has 1 aliphatic heterocycles. The molecule has 0 aliphatic carbocycles. The number of nitriles is 1. The molecule has 0 bridgehead atoms. The molecule has 0 radical (unpaired) electrons. The van der Waals surface area contributed by atoms with Crippen LogP contribution in [0.25, 0.3) is 0 Å². The van der Waals surface area contributed by atoms with E-state index in [4.69, 9.17) is 5.26 Å². The van der Waals surface area contributed by atoms with E-state index in [1.54, 1.807) is 6.07 Å². The van der Waals surface area contributed by atoms with Crippen LogP contribution in [0.4, 0.5) is 5.69 Å². The summed E-state index contributed by atoms with van der Waals surface area (Å²) in [5, 5.41) is 11.6. The number of carbonyl (C=O) groups is 1. The highest BCUT2D eigenvalue weighted by atomic mass is 16.1. The van der Waals surface area contributed by atoms with Crippen molar-refractivity contribution in [2.75, 3.05) is 5.32 Å². The van der Waals surface area contributed by atoms with E-state index in [0.29, 0.717) is 17.7 Å². The third kappa shape index (κ3) is 2.40. The third-order valence-corrected chi connectivity index (χ3v) is 2.37. The van der Waals surface area contributed by atoms with E-state index in [9.17, 15) is 4.79 Å². The van der Waals surface area contributed by atoms with Crippen LogP contribution in [0.15, 0.2) is 12.1 Å². The van der Waals surface area contributed by atoms with E-state index in [1.165, 1.54) is 0 Å². The van der Waals surface area contributed by atoms with Gasteiger partial charge in [-0.3, -0.25) is 4.79 Å². The molecule has 0 saturated carbocycles. The fraction of sp³-hybridized carbons (Fsp3) is 0.385. The topological polar surface area (TPSA) is 52.9 Å². The van der Waals surface area contributed by atoms with Gasteiger partial charge in [-0.05, 0) is 30.5 Å². The minimum Gasteiger partial charge on any atom is -0.325 e. The summed E-state index contributed by atoms with van der Waals surface area (Å²) in [6, 6.07) is 5.92. The maximum Gasteiger partial charge on any atom is 0.224 e. The van der Waals surface area contributed by atoms with Crippen molar-refractivity contribution in [2.24, 2.45) is 0 Å². The Hall–Kier alpha value is -1.82. The quantitative estimate of drug-likeness (QED) is 0.725. The van der Waals surface area contributed by atoms with Gasteiger partial charge in [-0.1, -0.05) is 19.9 Å². The van der Waals surface area contributed by atoms with Crippen molar-refractivity contribution >= 4 is 11.6 Å². The lowest BCUT2D eigenvalue weighted by Gasteiger charge is -2.18. The number of rotatable bonds is 0. The first kappa shape index (κ1) is 12.3. The van der Waals surface area contributed by atoms with Gasteiger partial charge < -0.3 is 5.32 Å². The predicted molar refractivity (Wildman–Crippen MR) is 64.2 cm³/mol. The van der Waals surface area contributed by atoms with Gasteiger partial charge in [0.1, 0.15) is 6.07 Å². The Morgan fingerprint density at radius 3 is 2.62 bits per heavy atom. The molecule has 1 amide bonds. The Bertz CT molecular complexity index is 444. The summed E-state index contributed by atoms with van der Waals surface area (Å²) in [5.74, 6) is -0.00199. The van der Waals surface area contributed by atoms with Crippen LogP contribution in [0.3, 0.4) is 0 Å². The summed E-state index contributed by atoms with van der Waals surface area (Å²) < 4.78 is 0. The molecule has 0 spiro atoms. The lowest BCUT2D eigenvalue weighted by Crippen LogP contribution is -2.20. The van der Waals surface area contributed by atoms with Crippen LogP contribution < -0.4 is 5.32 Å². The number of benzene rings is 1. The number of carbonyl (C=O) groups excluding carboxylic acids is 1. The molecule has 16 heavy (non-hydrogen) atoms. The van der Waals surface area contributed by atoms with Gasteiger partial charge in [-0.25, -0.2) is 0 Å². The van der Waals surface area contributed by atoms with Gasteiger partial charge in [-0.15, -0.1) is 0 Å². The normalized spacial score (nSPS) is 12.8. The SMILES string of the molecule is CC.Cc1cc(C#N)c2c(c1)CCC(=O)N2. The summed E-state index contributed by atoms with van der Waals surface area (Å²) in [7, 11) is 0. The molecule has 0 aromatic heterocycles. The summed E-state index contributed by atoms with van der Waals surface area (Å²) in [6.07, 6.45) is 1.25. The second kappa shape index (κ2) is 5.32. The fourth-order valence-electron chi connectivity index (χ4n) is 1.74. The molecule has 1 heterocycles. The van der Waals surface area contributed by atoms with Crippen molar-refractivity contribution in [1.29, 1.82) is 5.26 Å². The first-order valence-corrected chi connectivity index (χ1v) is 5.54. The van der Waals surface area contributed by atoms with Crippen molar-refractivity contribution in [3.63, 3.8) is 0 Å². The summed E-state index contributed by atoms with van der Waals surface area (Å²) in [5.41, 5.74) is 3.40. The molecule has 1 N–H and O–H groups in total. The first-order chi connectivity index (χ1) is 7.70. The van der Waals surface area contributed by atoms with Crippen molar-refractivity contribution in [1.82, 2.24) is 0 Å².